The van der Waals surface area contributed by atoms with Gasteiger partial charge in [0, 0.05) is 25.3 Å². The molecule has 1 amide bonds. The molecule has 1 rings (SSSR count). The molecule has 0 heterocycles. The highest BCUT2D eigenvalue weighted by Crippen LogP contribution is 2.42. The Morgan fingerprint density at radius 2 is 1.88 bits per heavy atom. The summed E-state index contributed by atoms with van der Waals surface area (Å²) >= 11 is 0. The van der Waals surface area contributed by atoms with E-state index in [0.29, 0.717) is 6.54 Å². The summed E-state index contributed by atoms with van der Waals surface area (Å²) < 4.78 is 25.1. The summed E-state index contributed by atoms with van der Waals surface area (Å²) in [5.41, 5.74) is 2.18. The SMILES string of the molecule is CC(C)=C/C=C(\C)CNC(=O)C1CC(F)(F)C1. The van der Waals surface area contributed by atoms with Crippen LogP contribution in [0.15, 0.2) is 23.3 Å². The highest BCUT2D eigenvalue weighted by Gasteiger charge is 2.48. The van der Waals surface area contributed by atoms with Crippen LogP contribution in [0.5, 0.6) is 0 Å². The number of alkyl halides is 2. The Kier molecular flexibility index (Phi) is 4.43. The zero-order valence-corrected chi connectivity index (χ0v) is 10.5. The lowest BCUT2D eigenvalue weighted by Crippen LogP contribution is -2.45. The van der Waals surface area contributed by atoms with E-state index in [9.17, 15) is 13.6 Å². The van der Waals surface area contributed by atoms with Crippen LogP contribution < -0.4 is 5.32 Å². The molecule has 1 N–H and O–H groups in total. The van der Waals surface area contributed by atoms with Crippen LogP contribution in [0.1, 0.15) is 33.6 Å². The normalized spacial score (nSPS) is 19.5. The second kappa shape index (κ2) is 5.43. The third-order valence-corrected chi connectivity index (χ3v) is 2.70. The van der Waals surface area contributed by atoms with Crippen molar-refractivity contribution in [3.63, 3.8) is 0 Å². The Labute approximate surface area is 101 Å². The van der Waals surface area contributed by atoms with Gasteiger partial charge in [-0.15, -0.1) is 0 Å². The molecule has 0 aromatic heterocycles. The Balaban J connectivity index is 2.30. The van der Waals surface area contributed by atoms with Gasteiger partial charge in [0.1, 0.15) is 0 Å². The molecule has 0 aliphatic heterocycles. The topological polar surface area (TPSA) is 29.1 Å². The maximum Gasteiger partial charge on any atom is 0.249 e. The minimum atomic E-state index is -2.63. The second-order valence-electron chi connectivity index (χ2n) is 4.94. The Morgan fingerprint density at radius 1 is 1.29 bits per heavy atom. The maximum absolute atomic E-state index is 12.6. The summed E-state index contributed by atoms with van der Waals surface area (Å²) in [6.07, 6.45) is 3.26. The van der Waals surface area contributed by atoms with Gasteiger partial charge in [0.15, 0.2) is 0 Å². The average molecular weight is 243 g/mol. The molecule has 0 atom stereocenters. The number of halogens is 2. The predicted octanol–water partition coefficient (Wildman–Crippen LogP) is 3.06. The summed E-state index contributed by atoms with van der Waals surface area (Å²) in [5, 5.41) is 2.68. The lowest BCUT2D eigenvalue weighted by Gasteiger charge is -2.33. The van der Waals surface area contributed by atoms with Crippen molar-refractivity contribution in [3.8, 4) is 0 Å². The first kappa shape index (κ1) is 13.9. The quantitative estimate of drug-likeness (QED) is 0.755. The average Bonchev–Trinajstić information content (AvgIpc) is 2.19. The van der Waals surface area contributed by atoms with Crippen molar-refractivity contribution in [2.24, 2.45) is 5.92 Å². The number of hydrogen-bond donors (Lipinski definition) is 1. The molecule has 0 spiro atoms. The van der Waals surface area contributed by atoms with Gasteiger partial charge in [-0.25, -0.2) is 8.78 Å². The Hall–Kier alpha value is -1.19. The highest BCUT2D eigenvalue weighted by atomic mass is 19.3. The van der Waals surface area contributed by atoms with Gasteiger partial charge >= 0.3 is 0 Å². The van der Waals surface area contributed by atoms with E-state index in [-0.39, 0.29) is 18.7 Å². The van der Waals surface area contributed by atoms with Gasteiger partial charge in [-0.3, -0.25) is 4.79 Å². The second-order valence-corrected chi connectivity index (χ2v) is 4.94. The van der Waals surface area contributed by atoms with Crippen LogP contribution in [0.4, 0.5) is 8.78 Å². The zero-order valence-electron chi connectivity index (χ0n) is 10.5. The van der Waals surface area contributed by atoms with Crippen molar-refractivity contribution in [1.82, 2.24) is 5.32 Å². The molecule has 2 nitrogen and oxygen atoms in total. The molecule has 0 bridgehead atoms. The van der Waals surface area contributed by atoms with Gasteiger partial charge in [-0.1, -0.05) is 23.3 Å². The van der Waals surface area contributed by atoms with Gasteiger partial charge < -0.3 is 5.32 Å². The summed E-state index contributed by atoms with van der Waals surface area (Å²) in [6.45, 7) is 6.29. The lowest BCUT2D eigenvalue weighted by atomic mass is 9.81. The van der Waals surface area contributed by atoms with Gasteiger partial charge in [-0.05, 0) is 20.8 Å². The fraction of sp³-hybridized carbons (Fsp3) is 0.615. The van der Waals surface area contributed by atoms with Crippen molar-refractivity contribution >= 4 is 5.91 Å². The summed E-state index contributed by atoms with van der Waals surface area (Å²) in [6, 6.07) is 0. The van der Waals surface area contributed by atoms with E-state index in [1.807, 2.05) is 32.9 Å². The molecule has 17 heavy (non-hydrogen) atoms. The van der Waals surface area contributed by atoms with E-state index in [2.05, 4.69) is 5.32 Å². The molecule has 1 aliphatic rings. The molecule has 0 unspecified atom stereocenters. The fourth-order valence-electron chi connectivity index (χ4n) is 1.59. The fourth-order valence-corrected chi connectivity index (χ4v) is 1.59. The largest absolute Gasteiger partial charge is 0.352 e. The highest BCUT2D eigenvalue weighted by molar-refractivity contribution is 5.80. The monoisotopic (exact) mass is 243 g/mol. The first-order chi connectivity index (χ1) is 7.80. The number of nitrogens with one attached hydrogen (secondary N) is 1. The van der Waals surface area contributed by atoms with Crippen LogP contribution in [0.2, 0.25) is 0 Å². The number of hydrogen-bond acceptors (Lipinski definition) is 1. The Bertz CT molecular complexity index is 346. The van der Waals surface area contributed by atoms with Crippen LogP contribution in [0.25, 0.3) is 0 Å². The van der Waals surface area contributed by atoms with Gasteiger partial charge in [0.25, 0.3) is 0 Å². The molecule has 1 fully saturated rings. The van der Waals surface area contributed by atoms with Crippen molar-refractivity contribution < 1.29 is 13.6 Å². The number of amides is 1. The van der Waals surface area contributed by atoms with E-state index < -0.39 is 11.8 Å². The summed E-state index contributed by atoms with van der Waals surface area (Å²) in [7, 11) is 0. The third kappa shape index (κ3) is 4.67. The van der Waals surface area contributed by atoms with Crippen LogP contribution >= 0.6 is 0 Å². The zero-order chi connectivity index (χ0) is 13.1. The number of allylic oxidation sites excluding steroid dienone is 3. The molecular weight excluding hydrogens is 224 g/mol. The first-order valence-electron chi connectivity index (χ1n) is 5.76. The maximum atomic E-state index is 12.6. The van der Waals surface area contributed by atoms with E-state index in [0.717, 1.165) is 5.57 Å². The van der Waals surface area contributed by atoms with Crippen LogP contribution in [0.3, 0.4) is 0 Å². The van der Waals surface area contributed by atoms with Crippen molar-refractivity contribution in [1.29, 1.82) is 0 Å². The number of carbonyl (C=O) groups is 1. The minimum absolute atomic E-state index is 0.263. The number of rotatable bonds is 4. The third-order valence-electron chi connectivity index (χ3n) is 2.70. The van der Waals surface area contributed by atoms with Crippen molar-refractivity contribution in [2.45, 2.75) is 39.5 Å². The van der Waals surface area contributed by atoms with Crippen LogP contribution in [0, 0.1) is 5.92 Å². The van der Waals surface area contributed by atoms with Gasteiger partial charge in [-0.2, -0.15) is 0 Å². The first-order valence-corrected chi connectivity index (χ1v) is 5.76. The molecule has 0 radical (unpaired) electrons. The summed E-state index contributed by atoms with van der Waals surface area (Å²) in [4.78, 5) is 11.5. The van der Waals surface area contributed by atoms with E-state index in [4.69, 9.17) is 0 Å². The van der Waals surface area contributed by atoms with Gasteiger partial charge in [0.05, 0.1) is 0 Å². The molecule has 0 aromatic rings. The smallest absolute Gasteiger partial charge is 0.249 e. The molecule has 4 heteroatoms. The van der Waals surface area contributed by atoms with Crippen LogP contribution in [-0.2, 0) is 4.79 Å². The molecule has 1 aliphatic carbocycles. The number of carbonyl (C=O) groups excluding carboxylic acids is 1. The molecular formula is C13H19F2NO. The standard InChI is InChI=1S/C13H19F2NO/c1-9(2)4-5-10(3)8-16-12(17)11-6-13(14,15)7-11/h4-5,11H,6-8H2,1-3H3,(H,16,17)/b10-5+. The molecule has 96 valence electrons. The van der Waals surface area contributed by atoms with Crippen LogP contribution in [-0.4, -0.2) is 18.4 Å². The van der Waals surface area contributed by atoms with E-state index >= 15 is 0 Å². The van der Waals surface area contributed by atoms with Crippen molar-refractivity contribution in [2.75, 3.05) is 6.54 Å². The predicted molar refractivity (Wildman–Crippen MR) is 63.9 cm³/mol. The lowest BCUT2D eigenvalue weighted by molar-refractivity contribution is -0.150. The minimum Gasteiger partial charge on any atom is -0.352 e. The Morgan fingerprint density at radius 3 is 2.35 bits per heavy atom. The van der Waals surface area contributed by atoms with E-state index in [1.54, 1.807) is 0 Å². The molecule has 1 saturated carbocycles. The molecule has 0 aromatic carbocycles. The van der Waals surface area contributed by atoms with Gasteiger partial charge in [0.2, 0.25) is 11.8 Å². The van der Waals surface area contributed by atoms with Crippen molar-refractivity contribution in [3.05, 3.63) is 23.3 Å². The summed E-state index contributed by atoms with van der Waals surface area (Å²) in [5.74, 6) is -3.41. The molecule has 0 saturated heterocycles. The van der Waals surface area contributed by atoms with E-state index in [1.165, 1.54) is 5.57 Å².